The van der Waals surface area contributed by atoms with Gasteiger partial charge >= 0.3 is 6.18 Å². The molecule has 2 N–H and O–H groups in total. The summed E-state index contributed by atoms with van der Waals surface area (Å²) in [6.07, 6.45) is -3.28. The Morgan fingerprint density at radius 2 is 2.09 bits per heavy atom. The molecule has 0 bridgehead atoms. The monoisotopic (exact) mass is 167 g/mol. The van der Waals surface area contributed by atoms with E-state index in [0.29, 0.717) is 0 Å². The van der Waals surface area contributed by atoms with E-state index in [-0.39, 0.29) is 5.71 Å². The van der Waals surface area contributed by atoms with E-state index in [0.717, 1.165) is 6.21 Å². The van der Waals surface area contributed by atoms with Crippen molar-refractivity contribution in [3.8, 4) is 0 Å². The molecule has 0 heterocycles. The summed E-state index contributed by atoms with van der Waals surface area (Å²) in [6, 6.07) is 0. The summed E-state index contributed by atoms with van der Waals surface area (Å²) in [4.78, 5) is 3.05. The molecule has 0 fully saturated rings. The Bertz CT molecular complexity index is 170. The molecule has 0 radical (unpaired) electrons. The summed E-state index contributed by atoms with van der Waals surface area (Å²) in [5.41, 5.74) is 0.259. The number of rotatable bonds is 2. The zero-order valence-electron chi connectivity index (χ0n) is 5.89. The van der Waals surface area contributed by atoms with Crippen molar-refractivity contribution in [2.24, 2.45) is 15.9 Å². The average Bonchev–Trinajstić information content (AvgIpc) is 1.85. The Morgan fingerprint density at radius 1 is 1.55 bits per heavy atom. The Balaban J connectivity index is 3.79. The highest BCUT2D eigenvalue weighted by Crippen LogP contribution is 2.13. The number of alkyl halides is 3. The standard InChI is InChI=1S/C5H8F3N3/c1-4(11-9)2-10-3-5(6,7)8/h2H,3,9H2,1H3/b10-2?,11-4-. The number of nitrogens with two attached hydrogens (primary N) is 1. The van der Waals surface area contributed by atoms with Gasteiger partial charge in [-0.25, -0.2) is 0 Å². The molecule has 3 nitrogen and oxygen atoms in total. The zero-order valence-corrected chi connectivity index (χ0v) is 5.89. The highest BCUT2D eigenvalue weighted by atomic mass is 19.4. The largest absolute Gasteiger partial charge is 0.407 e. The van der Waals surface area contributed by atoms with Gasteiger partial charge in [-0.3, -0.25) is 4.99 Å². The molecule has 0 spiro atoms. The molecule has 0 rings (SSSR count). The SMILES string of the molecule is C/C(C=NCC(F)(F)F)=N/N. The van der Waals surface area contributed by atoms with Crippen LogP contribution in [-0.2, 0) is 0 Å². The van der Waals surface area contributed by atoms with Crippen LogP contribution in [0.2, 0.25) is 0 Å². The van der Waals surface area contributed by atoms with Gasteiger partial charge in [-0.05, 0) is 6.92 Å². The predicted octanol–water partition coefficient (Wildman–Crippen LogP) is 0.954. The van der Waals surface area contributed by atoms with E-state index in [2.05, 4.69) is 10.1 Å². The summed E-state index contributed by atoms with van der Waals surface area (Å²) >= 11 is 0. The van der Waals surface area contributed by atoms with E-state index in [1.807, 2.05) is 0 Å². The van der Waals surface area contributed by atoms with Gasteiger partial charge in [0, 0.05) is 6.21 Å². The fraction of sp³-hybridized carbons (Fsp3) is 0.600. The van der Waals surface area contributed by atoms with Crippen molar-refractivity contribution >= 4 is 11.9 Å². The molecule has 0 atom stereocenters. The van der Waals surface area contributed by atoms with Crippen molar-refractivity contribution in [2.45, 2.75) is 13.1 Å². The smallest absolute Gasteiger partial charge is 0.323 e. The second kappa shape index (κ2) is 3.95. The predicted molar refractivity (Wildman–Crippen MR) is 36.7 cm³/mol. The molecule has 0 aliphatic heterocycles. The number of nitrogens with zero attached hydrogens (tertiary/aromatic N) is 2. The second-order valence-corrected chi connectivity index (χ2v) is 1.86. The minimum absolute atomic E-state index is 0.259. The number of halogens is 3. The van der Waals surface area contributed by atoms with Gasteiger partial charge in [-0.2, -0.15) is 18.3 Å². The molecular weight excluding hydrogens is 159 g/mol. The molecule has 0 amide bonds. The minimum atomic E-state index is -4.26. The highest BCUT2D eigenvalue weighted by Gasteiger charge is 2.25. The summed E-state index contributed by atoms with van der Waals surface area (Å²) in [5, 5.41) is 3.11. The molecule has 6 heteroatoms. The Hall–Kier alpha value is -1.07. The fourth-order valence-corrected chi connectivity index (χ4v) is 0.315. The highest BCUT2D eigenvalue weighted by molar-refractivity contribution is 6.29. The van der Waals surface area contributed by atoms with E-state index >= 15 is 0 Å². The molecule has 0 aliphatic rings. The number of hydrogen-bond donors (Lipinski definition) is 1. The van der Waals surface area contributed by atoms with Gasteiger partial charge in [0.15, 0.2) is 0 Å². The van der Waals surface area contributed by atoms with E-state index < -0.39 is 12.7 Å². The van der Waals surface area contributed by atoms with Gasteiger partial charge in [0.2, 0.25) is 0 Å². The summed E-state index contributed by atoms with van der Waals surface area (Å²) < 4.78 is 34.3. The third-order valence-electron chi connectivity index (χ3n) is 0.752. The lowest BCUT2D eigenvalue weighted by molar-refractivity contribution is -0.118. The molecule has 0 unspecified atom stereocenters. The van der Waals surface area contributed by atoms with E-state index in [9.17, 15) is 13.2 Å². The topological polar surface area (TPSA) is 50.7 Å². The van der Waals surface area contributed by atoms with Crippen LogP contribution in [0.5, 0.6) is 0 Å². The van der Waals surface area contributed by atoms with E-state index in [1.54, 1.807) is 0 Å². The molecule has 0 saturated heterocycles. The van der Waals surface area contributed by atoms with Crippen LogP contribution in [0, 0.1) is 0 Å². The zero-order chi connectivity index (χ0) is 8.91. The second-order valence-electron chi connectivity index (χ2n) is 1.86. The van der Waals surface area contributed by atoms with Gasteiger partial charge in [0.05, 0.1) is 5.71 Å². The maximum atomic E-state index is 11.4. The quantitative estimate of drug-likeness (QED) is 0.371. The number of aliphatic imine (C=N–C) groups is 1. The minimum Gasteiger partial charge on any atom is -0.323 e. The number of hydrogen-bond acceptors (Lipinski definition) is 3. The lowest BCUT2D eigenvalue weighted by Gasteiger charge is -1.99. The fourth-order valence-electron chi connectivity index (χ4n) is 0.315. The third kappa shape index (κ3) is 6.82. The van der Waals surface area contributed by atoms with Crippen LogP contribution >= 0.6 is 0 Å². The van der Waals surface area contributed by atoms with Crippen molar-refractivity contribution in [3.05, 3.63) is 0 Å². The van der Waals surface area contributed by atoms with Crippen LogP contribution in [0.1, 0.15) is 6.92 Å². The molecule has 0 aromatic heterocycles. The van der Waals surface area contributed by atoms with Gasteiger partial charge in [-0.15, -0.1) is 0 Å². The van der Waals surface area contributed by atoms with Crippen LogP contribution in [0.3, 0.4) is 0 Å². The normalized spacial score (nSPS) is 14.4. The molecule has 64 valence electrons. The lowest BCUT2D eigenvalue weighted by atomic mass is 10.5. The first-order valence-electron chi connectivity index (χ1n) is 2.77. The van der Waals surface area contributed by atoms with Crippen LogP contribution < -0.4 is 5.84 Å². The maximum Gasteiger partial charge on any atom is 0.407 e. The molecule has 11 heavy (non-hydrogen) atoms. The van der Waals surface area contributed by atoms with Crippen molar-refractivity contribution < 1.29 is 13.2 Å². The van der Waals surface area contributed by atoms with Crippen LogP contribution in [0.25, 0.3) is 0 Å². The van der Waals surface area contributed by atoms with Crippen LogP contribution in [0.4, 0.5) is 13.2 Å². The van der Waals surface area contributed by atoms with Gasteiger partial charge < -0.3 is 5.84 Å². The Morgan fingerprint density at radius 3 is 2.45 bits per heavy atom. The van der Waals surface area contributed by atoms with E-state index in [4.69, 9.17) is 5.84 Å². The summed E-state index contributed by atoms with van der Waals surface area (Å²) in [7, 11) is 0. The molecule has 0 aromatic rings. The molecular formula is C5H8F3N3. The van der Waals surface area contributed by atoms with Gasteiger partial charge in [0.1, 0.15) is 6.54 Å². The Kier molecular flexibility index (Phi) is 3.56. The van der Waals surface area contributed by atoms with Gasteiger partial charge in [-0.1, -0.05) is 0 Å². The van der Waals surface area contributed by atoms with Crippen molar-refractivity contribution in [3.63, 3.8) is 0 Å². The Labute approximate surface area is 61.8 Å². The van der Waals surface area contributed by atoms with Crippen molar-refractivity contribution in [2.75, 3.05) is 6.54 Å². The molecule has 0 saturated carbocycles. The van der Waals surface area contributed by atoms with Gasteiger partial charge in [0.25, 0.3) is 0 Å². The maximum absolute atomic E-state index is 11.4. The third-order valence-corrected chi connectivity index (χ3v) is 0.752. The van der Waals surface area contributed by atoms with Crippen molar-refractivity contribution in [1.29, 1.82) is 0 Å². The number of hydrazone groups is 1. The van der Waals surface area contributed by atoms with Crippen LogP contribution in [0.15, 0.2) is 10.1 Å². The summed E-state index contributed by atoms with van der Waals surface area (Å²) in [6.45, 7) is 0.264. The molecule has 0 aromatic carbocycles. The first-order chi connectivity index (χ1) is 4.95. The first-order valence-corrected chi connectivity index (χ1v) is 2.77. The average molecular weight is 167 g/mol. The first kappa shape index (κ1) is 9.93. The summed E-state index contributed by atoms with van der Waals surface area (Å²) in [5.74, 6) is 4.74. The lowest BCUT2D eigenvalue weighted by Crippen LogP contribution is -2.12. The molecule has 0 aliphatic carbocycles. The van der Waals surface area contributed by atoms with E-state index in [1.165, 1.54) is 6.92 Å². The van der Waals surface area contributed by atoms with Crippen LogP contribution in [-0.4, -0.2) is 24.6 Å². The van der Waals surface area contributed by atoms with Crippen molar-refractivity contribution in [1.82, 2.24) is 0 Å².